The second-order valence-corrected chi connectivity index (χ2v) is 10.1. The van der Waals surface area contributed by atoms with E-state index < -0.39 is 18.5 Å². The van der Waals surface area contributed by atoms with Crippen LogP contribution in [0.4, 0.5) is 14.9 Å². The number of ether oxygens (including phenoxy) is 2. The van der Waals surface area contributed by atoms with Gasteiger partial charge in [0.05, 0.1) is 11.3 Å². The Labute approximate surface area is 232 Å². The minimum atomic E-state index is -1.23. The van der Waals surface area contributed by atoms with Crippen LogP contribution in [0.2, 0.25) is 0 Å². The normalized spacial score (nSPS) is 16.9. The third kappa shape index (κ3) is 5.77. The van der Waals surface area contributed by atoms with E-state index in [-0.39, 0.29) is 24.1 Å². The number of nitrogens with one attached hydrogen (secondary N) is 1. The van der Waals surface area contributed by atoms with Crippen LogP contribution < -0.4 is 5.32 Å². The summed E-state index contributed by atoms with van der Waals surface area (Å²) in [5.74, 6) is -0.697. The Morgan fingerprint density at radius 2 is 1.62 bits per heavy atom. The molecule has 1 aromatic heterocycles. The number of aliphatic hydroxyl groups excluding tert-OH is 1. The average molecular weight is 543 g/mol. The fraction of sp³-hybridized carbons (Fsp3) is 0.250. The van der Waals surface area contributed by atoms with Gasteiger partial charge in [-0.05, 0) is 53.4 Å². The summed E-state index contributed by atoms with van der Waals surface area (Å²) in [5, 5.41) is 13.0. The highest BCUT2D eigenvalue weighted by molar-refractivity contribution is 6.12. The van der Waals surface area contributed by atoms with Crippen LogP contribution in [-0.2, 0) is 16.0 Å². The molecule has 1 amide bonds. The second kappa shape index (κ2) is 11.8. The van der Waals surface area contributed by atoms with E-state index in [4.69, 9.17) is 9.47 Å². The van der Waals surface area contributed by atoms with E-state index in [0.717, 1.165) is 28.1 Å². The number of rotatable bonds is 8. The van der Waals surface area contributed by atoms with E-state index in [9.17, 15) is 19.1 Å². The Hall–Kier alpha value is -4.43. The number of carbonyl (C=O) groups excluding carboxylic acids is 2. The van der Waals surface area contributed by atoms with Crippen LogP contribution in [0.3, 0.4) is 0 Å². The predicted octanol–water partition coefficient (Wildman–Crippen LogP) is 6.97. The molecular formula is C32H31FN2O5. The maximum Gasteiger partial charge on any atom is 0.510 e. The molecule has 7 nitrogen and oxygen atoms in total. The van der Waals surface area contributed by atoms with Crippen molar-refractivity contribution in [3.05, 3.63) is 102 Å². The van der Waals surface area contributed by atoms with Crippen LogP contribution in [0.15, 0.2) is 84.9 Å². The number of para-hydroxylation sites is 1. The molecule has 0 saturated carbocycles. The number of anilines is 1. The molecule has 1 fully saturated rings. The van der Waals surface area contributed by atoms with Crippen molar-refractivity contribution in [3.8, 4) is 22.4 Å². The zero-order chi connectivity index (χ0) is 28.2. The molecule has 5 rings (SSSR count). The minimum absolute atomic E-state index is 0.0731. The molecule has 2 heterocycles. The molecule has 1 unspecified atom stereocenters. The highest BCUT2D eigenvalue weighted by atomic mass is 19.1. The van der Waals surface area contributed by atoms with Gasteiger partial charge in [0.25, 0.3) is 5.91 Å². The Morgan fingerprint density at radius 3 is 2.25 bits per heavy atom. The molecule has 1 aliphatic rings. The van der Waals surface area contributed by atoms with Gasteiger partial charge >= 0.3 is 6.16 Å². The molecule has 3 aromatic carbocycles. The van der Waals surface area contributed by atoms with E-state index in [1.54, 1.807) is 12.1 Å². The number of cyclic esters (lactones) is 2. The second-order valence-electron chi connectivity index (χ2n) is 10.1. The molecule has 8 heteroatoms. The summed E-state index contributed by atoms with van der Waals surface area (Å²) in [6, 6.07) is 25.1. The van der Waals surface area contributed by atoms with Crippen LogP contribution in [0.25, 0.3) is 22.4 Å². The summed E-state index contributed by atoms with van der Waals surface area (Å²) in [5.41, 5.74) is 5.05. The molecule has 4 aromatic rings. The lowest BCUT2D eigenvalue weighted by Gasteiger charge is -2.27. The van der Waals surface area contributed by atoms with Crippen LogP contribution in [0.5, 0.6) is 0 Å². The number of nitrogens with zero attached hydrogens (tertiary/aromatic N) is 1. The van der Waals surface area contributed by atoms with Gasteiger partial charge in [0.2, 0.25) is 6.29 Å². The Morgan fingerprint density at radius 1 is 0.975 bits per heavy atom. The summed E-state index contributed by atoms with van der Waals surface area (Å²) >= 11 is 0. The highest BCUT2D eigenvalue weighted by Gasteiger charge is 2.33. The van der Waals surface area contributed by atoms with Gasteiger partial charge in [0.1, 0.15) is 11.9 Å². The van der Waals surface area contributed by atoms with Gasteiger partial charge in [-0.2, -0.15) is 0 Å². The van der Waals surface area contributed by atoms with Crippen LogP contribution in [0.1, 0.15) is 48.7 Å². The Bertz CT molecular complexity index is 1480. The first-order chi connectivity index (χ1) is 19.3. The van der Waals surface area contributed by atoms with Gasteiger partial charge in [-0.1, -0.05) is 62.4 Å². The molecule has 0 radical (unpaired) electrons. The number of hydrogen-bond donors (Lipinski definition) is 2. The monoisotopic (exact) mass is 542 g/mol. The van der Waals surface area contributed by atoms with Crippen molar-refractivity contribution < 1.29 is 28.6 Å². The first-order valence-corrected chi connectivity index (χ1v) is 13.3. The predicted molar refractivity (Wildman–Crippen MR) is 150 cm³/mol. The van der Waals surface area contributed by atoms with Crippen LogP contribution >= 0.6 is 0 Å². The zero-order valence-electron chi connectivity index (χ0n) is 22.3. The molecule has 0 aliphatic carbocycles. The zero-order valence-corrected chi connectivity index (χ0v) is 22.3. The quantitative estimate of drug-likeness (QED) is 0.235. The molecule has 40 heavy (non-hydrogen) atoms. The van der Waals surface area contributed by atoms with Crippen molar-refractivity contribution in [2.24, 2.45) is 0 Å². The topological polar surface area (TPSA) is 89.8 Å². The molecule has 2 atom stereocenters. The first kappa shape index (κ1) is 27.1. The number of aliphatic hydroxyl groups is 1. The van der Waals surface area contributed by atoms with Crippen molar-refractivity contribution in [3.63, 3.8) is 0 Å². The molecule has 0 spiro atoms. The van der Waals surface area contributed by atoms with Crippen molar-refractivity contribution in [1.82, 2.24) is 4.57 Å². The Kier molecular flexibility index (Phi) is 7.98. The molecular weight excluding hydrogens is 511 g/mol. The fourth-order valence-electron chi connectivity index (χ4n) is 5.25. The summed E-state index contributed by atoms with van der Waals surface area (Å²) in [4.78, 5) is 25.9. The number of aromatic nitrogens is 1. The lowest BCUT2D eigenvalue weighted by atomic mass is 9.94. The first-order valence-electron chi connectivity index (χ1n) is 13.3. The van der Waals surface area contributed by atoms with E-state index in [1.807, 2.05) is 74.5 Å². The number of carbonyl (C=O) groups is 2. The third-order valence-electron chi connectivity index (χ3n) is 6.92. The van der Waals surface area contributed by atoms with E-state index in [1.165, 1.54) is 12.1 Å². The van der Waals surface area contributed by atoms with Gasteiger partial charge in [-0.15, -0.1) is 0 Å². The molecule has 2 N–H and O–H groups in total. The summed E-state index contributed by atoms with van der Waals surface area (Å²) in [6.07, 6.45) is -2.19. The summed E-state index contributed by atoms with van der Waals surface area (Å²) < 4.78 is 26.1. The van der Waals surface area contributed by atoms with Gasteiger partial charge in [-0.25, -0.2) is 9.18 Å². The standard InChI is InChI=1S/C32H31FN2O5/c1-20(2)29-28(31(37)34-24-11-7-4-8-12-24)27(21-9-5-3-6-10-21)30(22-13-15-23(33)16-14-22)35(29)18-17-25-19-26(36)40-32(38)39-25/h3-16,20,25-26,36H,17-19H2,1-2H3,(H,34,37)/t25-,26?/m1/s1. The van der Waals surface area contributed by atoms with Crippen molar-refractivity contribution in [2.45, 2.75) is 51.5 Å². The van der Waals surface area contributed by atoms with Crippen molar-refractivity contribution in [2.75, 3.05) is 5.32 Å². The molecule has 0 bridgehead atoms. The van der Waals surface area contributed by atoms with Crippen molar-refractivity contribution in [1.29, 1.82) is 0 Å². The van der Waals surface area contributed by atoms with E-state index >= 15 is 0 Å². The number of hydrogen-bond acceptors (Lipinski definition) is 5. The smallest absolute Gasteiger partial charge is 0.431 e. The van der Waals surface area contributed by atoms with Crippen LogP contribution in [-0.4, -0.2) is 34.1 Å². The van der Waals surface area contributed by atoms with Gasteiger partial charge < -0.3 is 24.5 Å². The third-order valence-corrected chi connectivity index (χ3v) is 6.92. The molecule has 1 aliphatic heterocycles. The van der Waals surface area contributed by atoms with E-state index in [2.05, 4.69) is 9.88 Å². The lowest BCUT2D eigenvalue weighted by Crippen LogP contribution is -2.34. The fourth-order valence-corrected chi connectivity index (χ4v) is 5.25. The minimum Gasteiger partial charge on any atom is -0.431 e. The Balaban J connectivity index is 1.71. The van der Waals surface area contributed by atoms with Crippen molar-refractivity contribution >= 4 is 17.7 Å². The molecule has 1 saturated heterocycles. The number of halogens is 1. The molecule has 206 valence electrons. The largest absolute Gasteiger partial charge is 0.510 e. The van der Waals surface area contributed by atoms with Gasteiger partial charge in [0.15, 0.2) is 0 Å². The van der Waals surface area contributed by atoms with Gasteiger partial charge in [0, 0.05) is 36.3 Å². The number of benzene rings is 3. The maximum absolute atomic E-state index is 14.1. The summed E-state index contributed by atoms with van der Waals surface area (Å²) in [7, 11) is 0. The maximum atomic E-state index is 14.1. The van der Waals surface area contributed by atoms with Gasteiger partial charge in [-0.3, -0.25) is 4.79 Å². The number of amides is 1. The average Bonchev–Trinajstić information content (AvgIpc) is 3.28. The van der Waals surface area contributed by atoms with Crippen LogP contribution in [0, 0.1) is 5.82 Å². The SMILES string of the molecule is CC(C)c1c(C(=O)Nc2ccccc2)c(-c2ccccc2)c(-c2ccc(F)cc2)n1CC[C@@H]1CC(O)OC(=O)O1. The lowest BCUT2D eigenvalue weighted by molar-refractivity contribution is -0.146. The highest BCUT2D eigenvalue weighted by Crippen LogP contribution is 2.42. The summed E-state index contributed by atoms with van der Waals surface area (Å²) in [6.45, 7) is 4.42. The van der Waals surface area contributed by atoms with E-state index in [0.29, 0.717) is 24.2 Å².